The number of aromatic carboxylic acids is 1. The van der Waals surface area contributed by atoms with Crippen molar-refractivity contribution in [1.29, 1.82) is 0 Å². The van der Waals surface area contributed by atoms with Gasteiger partial charge in [0.25, 0.3) is 0 Å². The van der Waals surface area contributed by atoms with Crippen LogP contribution < -0.4 is 10.1 Å². The Bertz CT molecular complexity index is 1300. The van der Waals surface area contributed by atoms with Gasteiger partial charge in [0, 0.05) is 27.1 Å². The monoisotopic (exact) mass is 497 g/mol. The molecule has 34 heavy (non-hydrogen) atoms. The predicted octanol–water partition coefficient (Wildman–Crippen LogP) is 7.11. The number of hydrogen-bond acceptors (Lipinski definition) is 7. The summed E-state index contributed by atoms with van der Waals surface area (Å²) in [5, 5.41) is 15.3. The van der Waals surface area contributed by atoms with Gasteiger partial charge in [-0.1, -0.05) is 19.9 Å². The molecule has 4 rings (SSSR count). The standard InChI is InChI=1S/C25H24FN3O3S2/c1-14(2)6-9-21-22(15-7-8-19(32-3)18(26)12-15)28-25(34-21)29-23-17(24(30)31)11-16(13-27-23)20-5-4-10-33-20/h4-5,7-8,10-14H,6,9H2,1-3H3,(H,30,31)(H,27,28,29). The highest BCUT2D eigenvalue weighted by Gasteiger charge is 2.19. The minimum Gasteiger partial charge on any atom is -0.494 e. The number of halogens is 1. The van der Waals surface area contributed by atoms with Gasteiger partial charge < -0.3 is 15.2 Å². The van der Waals surface area contributed by atoms with Crippen molar-refractivity contribution in [3.8, 4) is 27.4 Å². The molecule has 0 saturated heterocycles. The summed E-state index contributed by atoms with van der Waals surface area (Å²) in [7, 11) is 1.42. The second-order valence-electron chi connectivity index (χ2n) is 8.10. The highest BCUT2D eigenvalue weighted by atomic mass is 32.1. The van der Waals surface area contributed by atoms with Crippen molar-refractivity contribution < 1.29 is 19.0 Å². The van der Waals surface area contributed by atoms with Crippen LogP contribution in [-0.4, -0.2) is 28.2 Å². The van der Waals surface area contributed by atoms with Crippen molar-refractivity contribution >= 4 is 39.6 Å². The molecule has 0 unspecified atom stereocenters. The van der Waals surface area contributed by atoms with Gasteiger partial charge in [-0.15, -0.1) is 22.7 Å². The van der Waals surface area contributed by atoms with Crippen molar-refractivity contribution in [3.05, 3.63) is 64.2 Å². The Hall–Kier alpha value is -3.30. The molecule has 0 spiro atoms. The van der Waals surface area contributed by atoms with E-state index in [1.807, 2.05) is 17.5 Å². The third-order valence-electron chi connectivity index (χ3n) is 5.22. The smallest absolute Gasteiger partial charge is 0.339 e. The lowest BCUT2D eigenvalue weighted by Gasteiger charge is -2.08. The van der Waals surface area contributed by atoms with Crippen LogP contribution in [0.3, 0.4) is 0 Å². The number of anilines is 2. The third kappa shape index (κ3) is 5.26. The van der Waals surface area contributed by atoms with E-state index in [1.165, 1.54) is 35.8 Å². The Kier molecular flexibility index (Phi) is 7.23. The first-order chi connectivity index (χ1) is 16.4. The number of thiophene rings is 1. The van der Waals surface area contributed by atoms with Crippen LogP contribution in [0.2, 0.25) is 0 Å². The van der Waals surface area contributed by atoms with Crippen LogP contribution >= 0.6 is 22.7 Å². The van der Waals surface area contributed by atoms with Crippen LogP contribution in [0.15, 0.2) is 48.0 Å². The van der Waals surface area contributed by atoms with E-state index in [4.69, 9.17) is 9.72 Å². The van der Waals surface area contributed by atoms with E-state index in [2.05, 4.69) is 24.1 Å². The molecule has 0 radical (unpaired) electrons. The van der Waals surface area contributed by atoms with E-state index in [9.17, 15) is 14.3 Å². The first kappa shape index (κ1) is 23.8. The topological polar surface area (TPSA) is 84.3 Å². The molecule has 0 saturated carbocycles. The molecule has 0 aliphatic carbocycles. The predicted molar refractivity (Wildman–Crippen MR) is 135 cm³/mol. The maximum absolute atomic E-state index is 14.4. The van der Waals surface area contributed by atoms with Crippen molar-refractivity contribution in [1.82, 2.24) is 9.97 Å². The summed E-state index contributed by atoms with van der Waals surface area (Å²) in [4.78, 5) is 23.0. The molecule has 0 atom stereocenters. The van der Waals surface area contributed by atoms with Crippen LogP contribution in [0.4, 0.5) is 15.3 Å². The van der Waals surface area contributed by atoms with E-state index < -0.39 is 11.8 Å². The van der Waals surface area contributed by atoms with E-state index in [0.717, 1.165) is 28.2 Å². The highest BCUT2D eigenvalue weighted by molar-refractivity contribution is 7.16. The zero-order valence-corrected chi connectivity index (χ0v) is 20.6. The maximum Gasteiger partial charge on any atom is 0.339 e. The number of rotatable bonds is 9. The number of nitrogens with one attached hydrogen (secondary N) is 1. The normalized spacial score (nSPS) is 11.1. The Balaban J connectivity index is 1.70. The van der Waals surface area contributed by atoms with Crippen LogP contribution in [0, 0.1) is 11.7 Å². The van der Waals surface area contributed by atoms with Crippen molar-refractivity contribution in [3.63, 3.8) is 0 Å². The summed E-state index contributed by atoms with van der Waals surface area (Å²) in [5.74, 6) is -0.672. The maximum atomic E-state index is 14.4. The van der Waals surface area contributed by atoms with Crippen LogP contribution in [0.5, 0.6) is 5.75 Å². The Morgan fingerprint density at radius 1 is 1.24 bits per heavy atom. The lowest BCUT2D eigenvalue weighted by molar-refractivity contribution is 0.0697. The van der Waals surface area contributed by atoms with Gasteiger partial charge in [0.05, 0.1) is 12.8 Å². The number of carbonyl (C=O) groups is 1. The fraction of sp³-hybridized carbons (Fsp3) is 0.240. The molecule has 176 valence electrons. The molecule has 2 N–H and O–H groups in total. The number of thiazole rings is 1. The van der Waals surface area contributed by atoms with Gasteiger partial charge >= 0.3 is 5.97 Å². The first-order valence-electron chi connectivity index (χ1n) is 10.7. The number of aryl methyl sites for hydroxylation is 1. The minimum atomic E-state index is -1.08. The summed E-state index contributed by atoms with van der Waals surface area (Å²) in [6.45, 7) is 4.29. The van der Waals surface area contributed by atoms with E-state index in [0.29, 0.717) is 22.3 Å². The van der Waals surface area contributed by atoms with Gasteiger partial charge in [0.2, 0.25) is 0 Å². The molecule has 0 aliphatic rings. The second kappa shape index (κ2) is 10.3. The molecule has 0 fully saturated rings. The van der Waals surface area contributed by atoms with Crippen LogP contribution in [-0.2, 0) is 6.42 Å². The average molecular weight is 498 g/mol. The SMILES string of the molecule is COc1ccc(-c2nc(Nc3ncc(-c4cccs4)cc3C(=O)O)sc2CCC(C)C)cc1F. The number of ether oxygens (including phenoxy) is 1. The Labute approximate surface area is 205 Å². The fourth-order valence-electron chi connectivity index (χ4n) is 3.44. The largest absolute Gasteiger partial charge is 0.494 e. The van der Waals surface area contributed by atoms with Gasteiger partial charge in [-0.25, -0.2) is 19.2 Å². The number of carboxylic acids is 1. The molecule has 1 aromatic carbocycles. The minimum absolute atomic E-state index is 0.0573. The molecule has 9 heteroatoms. The lowest BCUT2D eigenvalue weighted by atomic mass is 10.0. The first-order valence-corrected chi connectivity index (χ1v) is 12.4. The van der Waals surface area contributed by atoms with E-state index in [1.54, 1.807) is 24.4 Å². The third-order valence-corrected chi connectivity index (χ3v) is 7.17. The zero-order valence-electron chi connectivity index (χ0n) is 19.0. The molecule has 3 heterocycles. The molecular weight excluding hydrogens is 473 g/mol. The Morgan fingerprint density at radius 2 is 2.06 bits per heavy atom. The van der Waals surface area contributed by atoms with Crippen molar-refractivity contribution in [2.45, 2.75) is 26.7 Å². The molecule has 3 aromatic heterocycles. The number of aromatic nitrogens is 2. The number of pyridine rings is 1. The fourth-order valence-corrected chi connectivity index (χ4v) is 5.15. The zero-order chi connectivity index (χ0) is 24.2. The summed E-state index contributed by atoms with van der Waals surface area (Å²) < 4.78 is 19.4. The van der Waals surface area contributed by atoms with Crippen molar-refractivity contribution in [2.75, 3.05) is 12.4 Å². The summed E-state index contributed by atoms with van der Waals surface area (Å²) in [6, 6.07) is 10.2. The number of hydrogen-bond donors (Lipinski definition) is 2. The number of benzene rings is 1. The van der Waals surface area contributed by atoms with Gasteiger partial charge in [0.15, 0.2) is 16.7 Å². The molecule has 0 aliphatic heterocycles. The summed E-state index contributed by atoms with van der Waals surface area (Å²) in [6.07, 6.45) is 3.37. The van der Waals surface area contributed by atoms with Gasteiger partial charge in [-0.2, -0.15) is 0 Å². The number of carboxylic acid groups (broad SMARTS) is 1. The van der Waals surface area contributed by atoms with Crippen molar-refractivity contribution in [2.24, 2.45) is 5.92 Å². The number of methoxy groups -OCH3 is 1. The van der Waals surface area contributed by atoms with E-state index >= 15 is 0 Å². The highest BCUT2D eigenvalue weighted by Crippen LogP contribution is 2.36. The summed E-state index contributed by atoms with van der Waals surface area (Å²) >= 11 is 2.94. The van der Waals surface area contributed by atoms with Gasteiger partial charge in [-0.3, -0.25) is 0 Å². The lowest BCUT2D eigenvalue weighted by Crippen LogP contribution is -2.05. The molecule has 6 nitrogen and oxygen atoms in total. The second-order valence-corrected chi connectivity index (χ2v) is 10.1. The van der Waals surface area contributed by atoms with Crippen LogP contribution in [0.1, 0.15) is 35.5 Å². The molecule has 0 bridgehead atoms. The average Bonchev–Trinajstić information content (AvgIpc) is 3.48. The molecule has 4 aromatic rings. The number of nitrogens with zero attached hydrogens (tertiary/aromatic N) is 2. The van der Waals surface area contributed by atoms with Crippen LogP contribution in [0.25, 0.3) is 21.7 Å². The van der Waals surface area contributed by atoms with Gasteiger partial charge in [0.1, 0.15) is 11.4 Å². The Morgan fingerprint density at radius 3 is 2.71 bits per heavy atom. The van der Waals surface area contributed by atoms with E-state index in [-0.39, 0.29) is 17.1 Å². The molecule has 0 amide bonds. The van der Waals surface area contributed by atoms with Gasteiger partial charge in [-0.05, 0) is 54.5 Å². The summed E-state index contributed by atoms with van der Waals surface area (Å²) in [5.41, 5.74) is 2.11. The quantitative estimate of drug-likeness (QED) is 0.256. The molecular formula is C25H24FN3O3S2.